The predicted octanol–water partition coefficient (Wildman–Crippen LogP) is 3.24. The molecule has 0 aromatic rings. The van der Waals surface area contributed by atoms with E-state index in [2.05, 4.69) is 13.8 Å². The summed E-state index contributed by atoms with van der Waals surface area (Å²) in [5.41, 5.74) is -0.0202. The van der Waals surface area contributed by atoms with E-state index in [0.29, 0.717) is 0 Å². The van der Waals surface area contributed by atoms with Gasteiger partial charge >= 0.3 is 5.97 Å². The topological polar surface area (TPSA) is 88.5 Å². The Hall–Kier alpha value is -2.04. The molecular weight excluding hydrogens is 356 g/mol. The van der Waals surface area contributed by atoms with E-state index in [4.69, 9.17) is 0 Å². The molecule has 150 valence electrons. The van der Waals surface area contributed by atoms with Crippen molar-refractivity contribution in [3.63, 3.8) is 0 Å². The molecule has 0 spiro atoms. The molecule has 1 N–H and O–H groups in total. The van der Waals surface area contributed by atoms with Crippen LogP contribution < -0.4 is 0 Å². The van der Waals surface area contributed by atoms with Crippen molar-refractivity contribution in [1.29, 1.82) is 0 Å². The molecule has 0 amide bonds. The fourth-order valence-corrected chi connectivity index (χ4v) is 7.52. The van der Waals surface area contributed by atoms with Crippen LogP contribution in [0.15, 0.2) is 23.8 Å². The Balaban J connectivity index is 1.79. The first-order valence-electron chi connectivity index (χ1n) is 10.3. The standard InChI is InChI=1S/C23H28O5/c1-11-7-14-16-8-12(2)18(20(26)21(27)28)23(16,4)10-17(25)19(14)22(3)6-5-13(24)9-15(11)22/h5-6,9,11-12,14,16,18-19H,7-8,10H2,1-4H3,(H,27,28)/t11?,12?,14-,16-,18+,19+,22-,23-/m0/s1. The lowest BCUT2D eigenvalue weighted by Crippen LogP contribution is -2.56. The molecule has 4 aliphatic rings. The number of carboxylic acids is 1. The summed E-state index contributed by atoms with van der Waals surface area (Å²) in [7, 11) is 0. The van der Waals surface area contributed by atoms with Gasteiger partial charge in [0.15, 0.2) is 5.78 Å². The predicted molar refractivity (Wildman–Crippen MR) is 102 cm³/mol. The van der Waals surface area contributed by atoms with Gasteiger partial charge in [-0.1, -0.05) is 39.3 Å². The number of allylic oxidation sites excluding steroid dienone is 4. The first kappa shape index (κ1) is 19.3. The van der Waals surface area contributed by atoms with Crippen LogP contribution in [0, 0.1) is 46.3 Å². The molecule has 3 fully saturated rings. The second-order valence-electron chi connectivity index (χ2n) is 10.0. The van der Waals surface area contributed by atoms with Gasteiger partial charge in [0.05, 0.1) is 0 Å². The largest absolute Gasteiger partial charge is 0.475 e. The van der Waals surface area contributed by atoms with E-state index in [1.54, 1.807) is 12.2 Å². The number of hydrogen-bond acceptors (Lipinski definition) is 4. The van der Waals surface area contributed by atoms with Gasteiger partial charge in [0.25, 0.3) is 0 Å². The highest BCUT2D eigenvalue weighted by Crippen LogP contribution is 2.66. The third-order valence-corrected chi connectivity index (χ3v) is 8.41. The average Bonchev–Trinajstić information content (AvgIpc) is 2.85. The zero-order chi connectivity index (χ0) is 20.6. The Labute approximate surface area is 165 Å². The molecule has 5 heteroatoms. The summed E-state index contributed by atoms with van der Waals surface area (Å²) in [5.74, 6) is -2.48. The fourth-order valence-electron chi connectivity index (χ4n) is 7.52. The van der Waals surface area contributed by atoms with Crippen molar-refractivity contribution >= 4 is 23.3 Å². The molecule has 4 aliphatic carbocycles. The quantitative estimate of drug-likeness (QED) is 0.739. The van der Waals surface area contributed by atoms with Crippen LogP contribution in [0.3, 0.4) is 0 Å². The molecule has 2 unspecified atom stereocenters. The fraction of sp³-hybridized carbons (Fsp3) is 0.652. The minimum atomic E-state index is -1.39. The molecule has 0 aromatic heterocycles. The van der Waals surface area contributed by atoms with E-state index in [-0.39, 0.29) is 47.6 Å². The van der Waals surface area contributed by atoms with Gasteiger partial charge in [-0.25, -0.2) is 4.79 Å². The highest BCUT2D eigenvalue weighted by atomic mass is 16.4. The highest BCUT2D eigenvalue weighted by Gasteiger charge is 2.65. The van der Waals surface area contributed by atoms with Gasteiger partial charge < -0.3 is 5.11 Å². The maximum Gasteiger partial charge on any atom is 0.372 e. The van der Waals surface area contributed by atoms with Crippen LogP contribution in [0.2, 0.25) is 0 Å². The summed E-state index contributed by atoms with van der Waals surface area (Å²) in [4.78, 5) is 49.4. The van der Waals surface area contributed by atoms with Gasteiger partial charge in [-0.05, 0) is 54.1 Å². The van der Waals surface area contributed by atoms with Crippen LogP contribution in [0.5, 0.6) is 0 Å². The van der Waals surface area contributed by atoms with Crippen LogP contribution in [0.1, 0.15) is 47.0 Å². The molecule has 8 atom stereocenters. The summed E-state index contributed by atoms with van der Waals surface area (Å²) < 4.78 is 0. The van der Waals surface area contributed by atoms with Crippen molar-refractivity contribution in [3.8, 4) is 0 Å². The number of aliphatic carboxylic acids is 1. The van der Waals surface area contributed by atoms with Crippen LogP contribution in [-0.2, 0) is 19.2 Å². The maximum atomic E-state index is 13.5. The van der Waals surface area contributed by atoms with E-state index < -0.39 is 28.5 Å². The van der Waals surface area contributed by atoms with Gasteiger partial charge in [-0.2, -0.15) is 0 Å². The zero-order valence-corrected chi connectivity index (χ0v) is 16.9. The van der Waals surface area contributed by atoms with E-state index in [1.165, 1.54) is 0 Å². The Bertz CT molecular complexity index is 851. The molecule has 0 aromatic carbocycles. The number of ketones is 3. The van der Waals surface area contributed by atoms with Gasteiger partial charge in [0.2, 0.25) is 5.78 Å². The van der Waals surface area contributed by atoms with Crippen LogP contribution in [-0.4, -0.2) is 28.4 Å². The molecule has 28 heavy (non-hydrogen) atoms. The SMILES string of the molecule is CC1C[C@H]2[C@@H]3CC(C)[C@H](C(=O)C(=O)O)[C@@]3(C)CC(=O)[C@@H]2[C@@]2(C)C=CC(=O)C=C12. The van der Waals surface area contributed by atoms with Gasteiger partial charge in [-0.3, -0.25) is 14.4 Å². The van der Waals surface area contributed by atoms with Crippen LogP contribution in [0.4, 0.5) is 0 Å². The first-order chi connectivity index (χ1) is 13.0. The molecule has 4 rings (SSSR count). The molecule has 0 heterocycles. The van der Waals surface area contributed by atoms with Crippen molar-refractivity contribution < 1.29 is 24.3 Å². The maximum absolute atomic E-state index is 13.5. The molecule has 0 saturated heterocycles. The van der Waals surface area contributed by atoms with E-state index in [0.717, 1.165) is 18.4 Å². The normalized spacial score (nSPS) is 47.1. The Morgan fingerprint density at radius 3 is 2.46 bits per heavy atom. The van der Waals surface area contributed by atoms with Crippen molar-refractivity contribution in [2.24, 2.45) is 46.3 Å². The zero-order valence-electron chi connectivity index (χ0n) is 16.9. The summed E-state index contributed by atoms with van der Waals surface area (Å²) in [6.07, 6.45) is 7.02. The molecule has 0 bridgehead atoms. The first-order valence-corrected chi connectivity index (χ1v) is 10.3. The van der Waals surface area contributed by atoms with Gasteiger partial charge in [0, 0.05) is 23.7 Å². The minimum absolute atomic E-state index is 0.0209. The smallest absolute Gasteiger partial charge is 0.372 e. The minimum Gasteiger partial charge on any atom is -0.475 e. The number of Topliss-reactive ketones (excluding diaryl/α,β-unsaturated/α-hetero) is 2. The third-order valence-electron chi connectivity index (χ3n) is 8.41. The average molecular weight is 384 g/mol. The Kier molecular flexibility index (Phi) is 4.12. The third kappa shape index (κ3) is 2.37. The lowest BCUT2D eigenvalue weighted by Gasteiger charge is -2.57. The number of carbonyl (C=O) groups is 4. The number of carbonyl (C=O) groups excluding carboxylic acids is 3. The Morgan fingerprint density at radius 1 is 1.14 bits per heavy atom. The molecule has 5 nitrogen and oxygen atoms in total. The van der Waals surface area contributed by atoms with Crippen molar-refractivity contribution in [2.75, 3.05) is 0 Å². The lowest BCUT2D eigenvalue weighted by atomic mass is 9.45. The van der Waals surface area contributed by atoms with Crippen molar-refractivity contribution in [1.82, 2.24) is 0 Å². The summed E-state index contributed by atoms with van der Waals surface area (Å²) in [6.45, 7) is 8.09. The summed E-state index contributed by atoms with van der Waals surface area (Å²) in [5, 5.41) is 9.34. The molecule has 0 aliphatic heterocycles. The van der Waals surface area contributed by atoms with Gasteiger partial charge in [0.1, 0.15) is 5.78 Å². The summed E-state index contributed by atoms with van der Waals surface area (Å²) in [6, 6.07) is 0. The molecule has 3 saturated carbocycles. The van der Waals surface area contributed by atoms with Crippen molar-refractivity contribution in [3.05, 3.63) is 23.8 Å². The summed E-state index contributed by atoms with van der Waals surface area (Å²) >= 11 is 0. The second kappa shape index (κ2) is 5.98. The van der Waals surface area contributed by atoms with E-state index >= 15 is 0 Å². The number of rotatable bonds is 2. The Morgan fingerprint density at radius 2 is 1.82 bits per heavy atom. The number of carboxylic acid groups (broad SMARTS) is 1. The van der Waals surface area contributed by atoms with Crippen LogP contribution >= 0.6 is 0 Å². The molecule has 0 radical (unpaired) electrons. The van der Waals surface area contributed by atoms with E-state index in [1.807, 2.05) is 19.9 Å². The monoisotopic (exact) mass is 384 g/mol. The van der Waals surface area contributed by atoms with E-state index in [9.17, 15) is 24.3 Å². The highest BCUT2D eigenvalue weighted by molar-refractivity contribution is 6.33. The van der Waals surface area contributed by atoms with Crippen molar-refractivity contribution in [2.45, 2.75) is 47.0 Å². The number of fused-ring (bicyclic) bond motifs is 5. The molecular formula is C23H28O5. The van der Waals surface area contributed by atoms with Gasteiger partial charge in [-0.15, -0.1) is 0 Å². The lowest BCUT2D eigenvalue weighted by molar-refractivity contribution is -0.157. The number of hydrogen-bond donors (Lipinski definition) is 1. The second-order valence-corrected chi connectivity index (χ2v) is 10.0. The van der Waals surface area contributed by atoms with Crippen LogP contribution in [0.25, 0.3) is 0 Å².